The zero-order chi connectivity index (χ0) is 6.53. The van der Waals surface area contributed by atoms with Crippen LogP contribution in [0.5, 0.6) is 0 Å². The number of aromatic nitrogens is 2. The summed E-state index contributed by atoms with van der Waals surface area (Å²) in [4.78, 5) is 7.81. The minimum atomic E-state index is 0.563. The average molecular weight is 124 g/mol. The Kier molecular flexibility index (Phi) is 2.12. The van der Waals surface area contributed by atoms with Crippen LogP contribution in [0.3, 0.4) is 0 Å². The van der Waals surface area contributed by atoms with Gasteiger partial charge in [-0.3, -0.25) is 21.2 Å². The van der Waals surface area contributed by atoms with Crippen LogP contribution in [0.1, 0.15) is 5.69 Å². The van der Waals surface area contributed by atoms with Crippen molar-refractivity contribution in [1.29, 1.82) is 0 Å². The van der Waals surface area contributed by atoms with Crippen LogP contribution in [0.4, 0.5) is 0 Å². The lowest BCUT2D eigenvalue weighted by Gasteiger charge is -1.94. The van der Waals surface area contributed by atoms with Gasteiger partial charge in [0, 0.05) is 18.6 Å². The summed E-state index contributed by atoms with van der Waals surface area (Å²) < 4.78 is 0. The molecule has 0 aliphatic carbocycles. The van der Waals surface area contributed by atoms with Crippen LogP contribution in [0.25, 0.3) is 0 Å². The van der Waals surface area contributed by atoms with E-state index in [1.807, 2.05) is 0 Å². The summed E-state index contributed by atoms with van der Waals surface area (Å²) >= 11 is 0. The summed E-state index contributed by atoms with van der Waals surface area (Å²) in [5, 5.41) is 0. The third-order valence-electron chi connectivity index (χ3n) is 0.900. The van der Waals surface area contributed by atoms with Crippen LogP contribution >= 0.6 is 0 Å². The van der Waals surface area contributed by atoms with Gasteiger partial charge in [0.2, 0.25) is 0 Å². The molecule has 3 N–H and O–H groups in total. The zero-order valence-electron chi connectivity index (χ0n) is 4.91. The van der Waals surface area contributed by atoms with Gasteiger partial charge < -0.3 is 0 Å². The van der Waals surface area contributed by atoms with Gasteiger partial charge in [0.15, 0.2) is 0 Å². The quantitative estimate of drug-likeness (QED) is 0.409. The lowest BCUT2D eigenvalue weighted by Crippen LogP contribution is -2.21. The van der Waals surface area contributed by atoms with Gasteiger partial charge in [0.1, 0.15) is 0 Å². The zero-order valence-corrected chi connectivity index (χ0v) is 4.91. The fraction of sp³-hybridized carbons (Fsp3) is 0.200. The molecule has 1 heterocycles. The SMILES string of the molecule is NNCc1cnccn1. The average Bonchev–Trinajstić information content (AvgIpc) is 1.91. The van der Waals surface area contributed by atoms with Crippen LogP contribution in [0.15, 0.2) is 18.6 Å². The van der Waals surface area contributed by atoms with Gasteiger partial charge in [-0.1, -0.05) is 0 Å². The molecule has 0 bridgehead atoms. The fourth-order valence-corrected chi connectivity index (χ4v) is 0.526. The first-order chi connectivity index (χ1) is 4.43. The Morgan fingerprint density at radius 3 is 3.00 bits per heavy atom. The minimum Gasteiger partial charge on any atom is -0.271 e. The number of nitrogens with two attached hydrogens (primary N) is 1. The summed E-state index contributed by atoms with van der Waals surface area (Å²) in [6.45, 7) is 0.563. The van der Waals surface area contributed by atoms with Crippen molar-refractivity contribution < 1.29 is 0 Å². The maximum absolute atomic E-state index is 5.04. The van der Waals surface area contributed by atoms with Crippen molar-refractivity contribution in [3.63, 3.8) is 0 Å². The van der Waals surface area contributed by atoms with Crippen LogP contribution in [0, 0.1) is 0 Å². The normalized spacial score (nSPS) is 9.44. The number of hydrogen-bond acceptors (Lipinski definition) is 4. The highest BCUT2D eigenvalue weighted by molar-refractivity contribution is 4.92. The van der Waals surface area contributed by atoms with E-state index in [0.29, 0.717) is 6.54 Å². The van der Waals surface area contributed by atoms with E-state index in [2.05, 4.69) is 15.4 Å². The van der Waals surface area contributed by atoms with E-state index in [1.165, 1.54) is 0 Å². The predicted molar refractivity (Wildman–Crippen MR) is 33.1 cm³/mol. The Hall–Kier alpha value is -1.00. The molecule has 4 heteroatoms. The lowest BCUT2D eigenvalue weighted by atomic mass is 10.5. The summed E-state index contributed by atoms with van der Waals surface area (Å²) in [7, 11) is 0. The molecule has 9 heavy (non-hydrogen) atoms. The Labute approximate surface area is 53.1 Å². The monoisotopic (exact) mass is 124 g/mol. The third-order valence-corrected chi connectivity index (χ3v) is 0.900. The largest absolute Gasteiger partial charge is 0.271 e. The lowest BCUT2D eigenvalue weighted by molar-refractivity contribution is 0.719. The molecule has 4 nitrogen and oxygen atoms in total. The molecular weight excluding hydrogens is 116 g/mol. The van der Waals surface area contributed by atoms with E-state index in [9.17, 15) is 0 Å². The summed E-state index contributed by atoms with van der Waals surface area (Å²) in [6, 6.07) is 0. The Morgan fingerprint density at radius 2 is 2.44 bits per heavy atom. The molecule has 0 saturated heterocycles. The van der Waals surface area contributed by atoms with Crippen LogP contribution < -0.4 is 11.3 Å². The van der Waals surface area contributed by atoms with Crippen molar-refractivity contribution >= 4 is 0 Å². The van der Waals surface area contributed by atoms with Gasteiger partial charge in [-0.25, -0.2) is 0 Å². The van der Waals surface area contributed by atoms with E-state index in [4.69, 9.17) is 5.84 Å². The topological polar surface area (TPSA) is 63.8 Å². The third kappa shape index (κ3) is 1.75. The molecule has 0 aliphatic heterocycles. The molecule has 48 valence electrons. The van der Waals surface area contributed by atoms with E-state index in [1.54, 1.807) is 18.6 Å². The second-order valence-corrected chi connectivity index (χ2v) is 1.58. The first-order valence-corrected chi connectivity index (χ1v) is 2.62. The highest BCUT2D eigenvalue weighted by Crippen LogP contribution is 1.85. The maximum atomic E-state index is 5.04. The van der Waals surface area contributed by atoms with Gasteiger partial charge in [-0.15, -0.1) is 0 Å². The molecule has 0 amide bonds. The minimum absolute atomic E-state index is 0.563. The van der Waals surface area contributed by atoms with Crippen LogP contribution in [-0.2, 0) is 6.54 Å². The van der Waals surface area contributed by atoms with Gasteiger partial charge in [-0.05, 0) is 0 Å². The van der Waals surface area contributed by atoms with Crippen LogP contribution in [0.2, 0.25) is 0 Å². The number of hydrogen-bond donors (Lipinski definition) is 2. The Bertz CT molecular complexity index is 162. The first-order valence-electron chi connectivity index (χ1n) is 2.62. The van der Waals surface area contributed by atoms with Crippen molar-refractivity contribution in [3.05, 3.63) is 24.3 Å². The molecule has 1 aromatic rings. The van der Waals surface area contributed by atoms with Crippen molar-refractivity contribution in [3.8, 4) is 0 Å². The molecule has 1 rings (SSSR count). The number of hydrazine groups is 1. The molecule has 0 atom stereocenters. The van der Waals surface area contributed by atoms with Gasteiger partial charge in [0.25, 0.3) is 0 Å². The van der Waals surface area contributed by atoms with E-state index < -0.39 is 0 Å². The van der Waals surface area contributed by atoms with E-state index in [-0.39, 0.29) is 0 Å². The summed E-state index contributed by atoms with van der Waals surface area (Å²) in [5.41, 5.74) is 3.33. The van der Waals surface area contributed by atoms with Gasteiger partial charge >= 0.3 is 0 Å². The molecular formula is C5H8N4. The molecule has 0 aliphatic rings. The molecule has 0 unspecified atom stereocenters. The second kappa shape index (κ2) is 3.11. The second-order valence-electron chi connectivity index (χ2n) is 1.58. The van der Waals surface area contributed by atoms with Crippen molar-refractivity contribution in [1.82, 2.24) is 15.4 Å². The molecule has 0 saturated carbocycles. The van der Waals surface area contributed by atoms with Crippen molar-refractivity contribution in [2.75, 3.05) is 0 Å². The summed E-state index contributed by atoms with van der Waals surface area (Å²) in [6.07, 6.45) is 4.92. The van der Waals surface area contributed by atoms with Crippen molar-refractivity contribution in [2.45, 2.75) is 6.54 Å². The Balaban J connectivity index is 2.61. The molecule has 0 fully saturated rings. The maximum Gasteiger partial charge on any atom is 0.0738 e. The number of nitrogens with zero attached hydrogens (tertiary/aromatic N) is 2. The van der Waals surface area contributed by atoms with E-state index in [0.717, 1.165) is 5.69 Å². The van der Waals surface area contributed by atoms with E-state index >= 15 is 0 Å². The first kappa shape index (κ1) is 6.12. The standard InChI is InChI=1S/C5H8N4/c6-9-4-5-3-7-1-2-8-5/h1-3,9H,4,6H2. The molecule has 0 radical (unpaired) electrons. The smallest absolute Gasteiger partial charge is 0.0738 e. The highest BCUT2D eigenvalue weighted by Gasteiger charge is 1.86. The molecule has 0 aromatic carbocycles. The number of nitrogens with one attached hydrogen (secondary N) is 1. The number of rotatable bonds is 2. The van der Waals surface area contributed by atoms with Crippen LogP contribution in [-0.4, -0.2) is 9.97 Å². The summed E-state index contributed by atoms with van der Waals surface area (Å²) in [5.74, 6) is 5.04. The predicted octanol–water partition coefficient (Wildman–Crippen LogP) is -0.560. The van der Waals surface area contributed by atoms with Crippen molar-refractivity contribution in [2.24, 2.45) is 5.84 Å². The Morgan fingerprint density at radius 1 is 1.56 bits per heavy atom. The van der Waals surface area contributed by atoms with Gasteiger partial charge in [-0.2, -0.15) is 0 Å². The van der Waals surface area contributed by atoms with Gasteiger partial charge in [0.05, 0.1) is 12.2 Å². The fourth-order valence-electron chi connectivity index (χ4n) is 0.526. The molecule has 1 aromatic heterocycles. The highest BCUT2D eigenvalue weighted by atomic mass is 15.2. The molecule has 0 spiro atoms.